The highest BCUT2D eigenvalue weighted by Crippen LogP contribution is 2.41. The van der Waals surface area contributed by atoms with Crippen molar-refractivity contribution < 1.29 is 9.90 Å². The van der Waals surface area contributed by atoms with Crippen molar-refractivity contribution >= 4 is 38.8 Å². The van der Waals surface area contributed by atoms with Crippen LogP contribution in [0.2, 0.25) is 5.02 Å². The molecule has 1 aliphatic rings. The van der Waals surface area contributed by atoms with Crippen LogP contribution in [0.1, 0.15) is 31.6 Å². The third kappa shape index (κ3) is 3.74. The van der Waals surface area contributed by atoms with E-state index in [2.05, 4.69) is 12.6 Å². The molecule has 1 fully saturated rings. The number of hydrogen-bond acceptors (Lipinski definition) is 3. The zero-order chi connectivity index (χ0) is 18.2. The van der Waals surface area contributed by atoms with Crippen LogP contribution >= 0.6 is 22.9 Å². The molecule has 1 saturated carbocycles. The van der Waals surface area contributed by atoms with Gasteiger partial charge in [0.1, 0.15) is 0 Å². The summed E-state index contributed by atoms with van der Waals surface area (Å²) in [6, 6.07) is 8.09. The van der Waals surface area contributed by atoms with Crippen molar-refractivity contribution in [2.45, 2.75) is 39.2 Å². The maximum atomic E-state index is 12.1. The summed E-state index contributed by atoms with van der Waals surface area (Å²) < 4.78 is 1.18. The van der Waals surface area contributed by atoms with E-state index in [-0.39, 0.29) is 17.1 Å². The fourth-order valence-corrected chi connectivity index (χ4v) is 4.96. The number of allylic oxidation sites excluding steroid dienone is 2. The average Bonchev–Trinajstić information content (AvgIpc) is 3.00. The summed E-state index contributed by atoms with van der Waals surface area (Å²) >= 11 is 8.13. The predicted octanol–water partition coefficient (Wildman–Crippen LogP) is 5.58. The molecule has 0 aliphatic heterocycles. The molecule has 1 aliphatic carbocycles. The molecular formula is C21H23ClO2S. The van der Waals surface area contributed by atoms with Gasteiger partial charge in [-0.05, 0) is 30.9 Å². The van der Waals surface area contributed by atoms with Crippen LogP contribution in [0.4, 0.5) is 0 Å². The van der Waals surface area contributed by atoms with E-state index in [9.17, 15) is 9.90 Å². The quantitative estimate of drug-likeness (QED) is 0.548. The van der Waals surface area contributed by atoms with Gasteiger partial charge in [-0.3, -0.25) is 4.79 Å². The Kier molecular flexibility index (Phi) is 5.19. The van der Waals surface area contributed by atoms with E-state index in [1.165, 1.54) is 4.70 Å². The molecule has 1 unspecified atom stereocenters. The topological polar surface area (TPSA) is 37.3 Å². The van der Waals surface area contributed by atoms with Crippen molar-refractivity contribution in [3.63, 3.8) is 0 Å². The minimum Gasteiger partial charge on any atom is -0.389 e. The highest BCUT2D eigenvalue weighted by molar-refractivity contribution is 7.19. The van der Waals surface area contributed by atoms with Gasteiger partial charge in [-0.25, -0.2) is 0 Å². The third-order valence-corrected chi connectivity index (χ3v) is 6.69. The molecule has 4 heteroatoms. The van der Waals surface area contributed by atoms with Crippen LogP contribution in [0.25, 0.3) is 10.1 Å². The second-order valence-electron chi connectivity index (χ2n) is 7.38. The zero-order valence-corrected chi connectivity index (χ0v) is 16.2. The SMILES string of the molecule is C=C1C(=O)C(C)(C)C[C@@H]1/C=C/C(O)CCc1sc2ccccc2c1Cl. The molecule has 0 amide bonds. The highest BCUT2D eigenvalue weighted by Gasteiger charge is 2.40. The summed E-state index contributed by atoms with van der Waals surface area (Å²) in [6.45, 7) is 7.83. The van der Waals surface area contributed by atoms with Gasteiger partial charge in [0.25, 0.3) is 0 Å². The van der Waals surface area contributed by atoms with Crippen LogP contribution in [-0.2, 0) is 11.2 Å². The van der Waals surface area contributed by atoms with Crippen molar-refractivity contribution in [3.8, 4) is 0 Å². The molecule has 1 aromatic carbocycles. The molecule has 2 nitrogen and oxygen atoms in total. The average molecular weight is 375 g/mol. The lowest BCUT2D eigenvalue weighted by Crippen LogP contribution is -2.16. The normalized spacial score (nSPS) is 21.5. The van der Waals surface area contributed by atoms with Gasteiger partial charge < -0.3 is 5.11 Å². The number of benzene rings is 1. The Hall–Kier alpha value is -1.42. The number of carbonyl (C=O) groups excluding carboxylic acids is 1. The summed E-state index contributed by atoms with van der Waals surface area (Å²) in [7, 11) is 0. The number of aryl methyl sites for hydroxylation is 1. The number of carbonyl (C=O) groups is 1. The first-order valence-electron chi connectivity index (χ1n) is 8.55. The van der Waals surface area contributed by atoms with E-state index in [1.54, 1.807) is 17.4 Å². The van der Waals surface area contributed by atoms with Crippen LogP contribution in [0.15, 0.2) is 48.6 Å². The Bertz CT molecular complexity index is 847. The molecule has 1 N–H and O–H groups in total. The molecule has 25 heavy (non-hydrogen) atoms. The van der Waals surface area contributed by atoms with Gasteiger partial charge in [0.2, 0.25) is 0 Å². The first kappa shape index (κ1) is 18.4. The number of aliphatic hydroxyl groups is 1. The molecule has 2 atom stereocenters. The minimum absolute atomic E-state index is 0.0325. The fraction of sp³-hybridized carbons (Fsp3) is 0.381. The summed E-state index contributed by atoms with van der Waals surface area (Å²) in [5.74, 6) is 0.166. The van der Waals surface area contributed by atoms with Crippen molar-refractivity contribution in [1.82, 2.24) is 0 Å². The van der Waals surface area contributed by atoms with Gasteiger partial charge in [-0.1, -0.05) is 62.4 Å². The highest BCUT2D eigenvalue weighted by atomic mass is 35.5. The summed E-state index contributed by atoms with van der Waals surface area (Å²) in [4.78, 5) is 13.2. The Labute approximate surface area is 157 Å². The second-order valence-corrected chi connectivity index (χ2v) is 8.89. The van der Waals surface area contributed by atoms with Gasteiger partial charge in [0, 0.05) is 26.3 Å². The second kappa shape index (κ2) is 7.06. The van der Waals surface area contributed by atoms with E-state index in [1.807, 2.05) is 38.1 Å². The molecule has 0 saturated heterocycles. The molecule has 3 rings (SSSR count). The smallest absolute Gasteiger partial charge is 0.164 e. The van der Waals surface area contributed by atoms with Gasteiger partial charge in [-0.2, -0.15) is 0 Å². The fourth-order valence-electron chi connectivity index (χ4n) is 3.42. The maximum absolute atomic E-state index is 12.1. The Balaban J connectivity index is 1.61. The summed E-state index contributed by atoms with van der Waals surface area (Å²) in [5.41, 5.74) is 0.308. The van der Waals surface area contributed by atoms with E-state index < -0.39 is 6.10 Å². The van der Waals surface area contributed by atoms with Crippen LogP contribution < -0.4 is 0 Å². The van der Waals surface area contributed by atoms with Crippen molar-refractivity contribution in [2.75, 3.05) is 0 Å². The van der Waals surface area contributed by atoms with Gasteiger partial charge in [0.05, 0.1) is 11.1 Å². The molecule has 132 valence electrons. The molecular weight excluding hydrogens is 352 g/mol. The van der Waals surface area contributed by atoms with Crippen molar-refractivity contribution in [3.05, 3.63) is 58.5 Å². The molecule has 0 spiro atoms. The summed E-state index contributed by atoms with van der Waals surface area (Å²) in [5, 5.41) is 12.2. The first-order chi connectivity index (χ1) is 11.8. The monoisotopic (exact) mass is 374 g/mol. The lowest BCUT2D eigenvalue weighted by molar-refractivity contribution is -0.121. The van der Waals surface area contributed by atoms with E-state index in [0.717, 1.165) is 28.1 Å². The third-order valence-electron chi connectivity index (χ3n) is 4.92. The predicted molar refractivity (Wildman–Crippen MR) is 106 cm³/mol. The van der Waals surface area contributed by atoms with Crippen LogP contribution in [0.3, 0.4) is 0 Å². The number of aliphatic hydroxyl groups excluding tert-OH is 1. The number of Topliss-reactive ketones (excluding diaryl/α,β-unsaturated/α-hetero) is 1. The summed E-state index contributed by atoms with van der Waals surface area (Å²) in [6.07, 6.45) is 5.29. The Morgan fingerprint density at radius 2 is 2.16 bits per heavy atom. The molecule has 0 bridgehead atoms. The molecule has 2 aromatic rings. The Morgan fingerprint density at radius 3 is 2.80 bits per heavy atom. The van der Waals surface area contributed by atoms with E-state index in [4.69, 9.17) is 11.6 Å². The van der Waals surface area contributed by atoms with Gasteiger partial charge >= 0.3 is 0 Å². The van der Waals surface area contributed by atoms with Crippen molar-refractivity contribution in [2.24, 2.45) is 11.3 Å². The molecule has 1 aromatic heterocycles. The first-order valence-corrected chi connectivity index (χ1v) is 9.75. The van der Waals surface area contributed by atoms with Crippen LogP contribution in [0.5, 0.6) is 0 Å². The van der Waals surface area contributed by atoms with Crippen molar-refractivity contribution in [1.29, 1.82) is 0 Å². The largest absolute Gasteiger partial charge is 0.389 e. The van der Waals surface area contributed by atoms with E-state index >= 15 is 0 Å². The zero-order valence-electron chi connectivity index (χ0n) is 14.6. The standard InChI is InChI=1S/C21H23ClO2S/c1-13-14(12-21(2,3)20(13)24)8-9-15(23)10-11-18-19(22)16-6-4-5-7-17(16)25-18/h4-9,14-15,23H,1,10-12H2,2-3H3/b9-8+/t14-,15?/m0/s1. The number of thiophene rings is 1. The number of hydrogen-bond donors (Lipinski definition) is 1. The van der Waals surface area contributed by atoms with Crippen LogP contribution in [-0.4, -0.2) is 17.0 Å². The van der Waals surface area contributed by atoms with Gasteiger partial charge in [-0.15, -0.1) is 11.3 Å². The lowest BCUT2D eigenvalue weighted by atomic mass is 9.89. The number of rotatable bonds is 5. The van der Waals surface area contributed by atoms with E-state index in [0.29, 0.717) is 12.0 Å². The lowest BCUT2D eigenvalue weighted by Gasteiger charge is -2.13. The van der Waals surface area contributed by atoms with Crippen LogP contribution in [0, 0.1) is 11.3 Å². The number of fused-ring (bicyclic) bond motifs is 1. The minimum atomic E-state index is -0.548. The number of halogens is 1. The molecule has 1 heterocycles. The molecule has 0 radical (unpaired) electrons. The maximum Gasteiger partial charge on any atom is 0.164 e. The Morgan fingerprint density at radius 1 is 1.44 bits per heavy atom. The van der Waals surface area contributed by atoms with Gasteiger partial charge in [0.15, 0.2) is 5.78 Å². The number of ketones is 1.